The molecule has 1 unspecified atom stereocenters. The summed E-state index contributed by atoms with van der Waals surface area (Å²) < 4.78 is 25.3. The smallest absolute Gasteiger partial charge is 0.255 e. The van der Waals surface area contributed by atoms with E-state index in [0.717, 1.165) is 16.6 Å². The molecule has 0 radical (unpaired) electrons. The fourth-order valence-electron chi connectivity index (χ4n) is 3.57. The van der Waals surface area contributed by atoms with Gasteiger partial charge in [0.1, 0.15) is 0 Å². The van der Waals surface area contributed by atoms with E-state index in [1.807, 2.05) is 32.0 Å². The summed E-state index contributed by atoms with van der Waals surface area (Å²) >= 11 is 0. The molecular weight excluding hydrogens is 364 g/mol. The Balaban J connectivity index is 1.61. The number of sulfone groups is 1. The number of amides is 1. The molecule has 1 atom stereocenters. The number of aromatic nitrogens is 3. The number of aryl methyl sites for hydroxylation is 1. The van der Waals surface area contributed by atoms with Gasteiger partial charge in [0, 0.05) is 17.1 Å². The number of benzene rings is 1. The van der Waals surface area contributed by atoms with Crippen LogP contribution >= 0.6 is 0 Å². The molecule has 8 heteroatoms. The van der Waals surface area contributed by atoms with E-state index in [0.29, 0.717) is 23.4 Å². The number of fused-ring (bicyclic) bond motifs is 1. The molecule has 2 aromatic heterocycles. The molecule has 1 fully saturated rings. The molecule has 27 heavy (non-hydrogen) atoms. The number of pyridine rings is 1. The van der Waals surface area contributed by atoms with Gasteiger partial charge < -0.3 is 5.32 Å². The number of nitrogens with zero attached hydrogens (tertiary/aromatic N) is 3. The third-order valence-corrected chi connectivity index (χ3v) is 6.73. The van der Waals surface area contributed by atoms with Gasteiger partial charge in [-0.25, -0.2) is 8.42 Å². The van der Waals surface area contributed by atoms with Crippen LogP contribution < -0.4 is 5.32 Å². The van der Waals surface area contributed by atoms with E-state index in [1.54, 1.807) is 23.0 Å². The zero-order valence-corrected chi connectivity index (χ0v) is 16.0. The van der Waals surface area contributed by atoms with Crippen molar-refractivity contribution in [3.8, 4) is 0 Å². The van der Waals surface area contributed by atoms with E-state index in [-0.39, 0.29) is 23.5 Å². The van der Waals surface area contributed by atoms with Gasteiger partial charge in [0.05, 0.1) is 40.1 Å². The molecule has 3 heterocycles. The molecule has 0 bridgehead atoms. The van der Waals surface area contributed by atoms with Crippen LogP contribution in [0.25, 0.3) is 10.9 Å². The fourth-order valence-corrected chi connectivity index (χ4v) is 5.26. The van der Waals surface area contributed by atoms with Gasteiger partial charge >= 0.3 is 0 Å². The van der Waals surface area contributed by atoms with Crippen LogP contribution in [0.15, 0.2) is 36.5 Å². The Morgan fingerprint density at radius 3 is 2.81 bits per heavy atom. The minimum atomic E-state index is -3.00. The molecule has 0 aliphatic carbocycles. The summed E-state index contributed by atoms with van der Waals surface area (Å²) in [4.78, 5) is 17.0. The highest BCUT2D eigenvalue weighted by atomic mass is 32.2. The second kappa shape index (κ2) is 6.45. The first kappa shape index (κ1) is 17.7. The molecule has 1 aromatic carbocycles. The highest BCUT2D eigenvalue weighted by molar-refractivity contribution is 7.91. The van der Waals surface area contributed by atoms with Gasteiger partial charge in [-0.2, -0.15) is 5.10 Å². The SMILES string of the molecule is Cc1nn(C2CCS(=O)(=O)C2)c(C)c1NC(=O)c1ccc2ncccc2c1. The zero-order valence-electron chi connectivity index (χ0n) is 15.1. The Labute approximate surface area is 157 Å². The molecule has 1 amide bonds. The van der Waals surface area contributed by atoms with Crippen LogP contribution in [0.1, 0.15) is 34.2 Å². The number of rotatable bonds is 3. The second-order valence-electron chi connectivity index (χ2n) is 6.91. The first-order chi connectivity index (χ1) is 12.8. The van der Waals surface area contributed by atoms with Crippen molar-refractivity contribution in [1.29, 1.82) is 0 Å². The topological polar surface area (TPSA) is 94.0 Å². The summed E-state index contributed by atoms with van der Waals surface area (Å²) in [5.74, 6) is 0.0496. The van der Waals surface area contributed by atoms with Crippen LogP contribution in [0.2, 0.25) is 0 Å². The maximum Gasteiger partial charge on any atom is 0.255 e. The van der Waals surface area contributed by atoms with Crippen LogP contribution in [-0.2, 0) is 9.84 Å². The van der Waals surface area contributed by atoms with Gasteiger partial charge in [-0.15, -0.1) is 0 Å². The third kappa shape index (κ3) is 3.32. The minimum Gasteiger partial charge on any atom is -0.319 e. The average molecular weight is 384 g/mol. The van der Waals surface area contributed by atoms with Crippen LogP contribution in [-0.4, -0.2) is 40.6 Å². The molecule has 3 aromatic rings. The Morgan fingerprint density at radius 1 is 1.26 bits per heavy atom. The first-order valence-electron chi connectivity index (χ1n) is 8.76. The largest absolute Gasteiger partial charge is 0.319 e. The highest BCUT2D eigenvalue weighted by Crippen LogP contribution is 2.29. The molecule has 1 aliphatic rings. The number of hydrogen-bond acceptors (Lipinski definition) is 5. The maximum atomic E-state index is 12.7. The summed E-state index contributed by atoms with van der Waals surface area (Å²) in [5, 5.41) is 8.31. The molecule has 1 N–H and O–H groups in total. The molecular formula is C19H20N4O3S. The lowest BCUT2D eigenvalue weighted by Gasteiger charge is -2.12. The van der Waals surface area contributed by atoms with Crippen molar-refractivity contribution in [3.63, 3.8) is 0 Å². The molecule has 7 nitrogen and oxygen atoms in total. The molecule has 140 valence electrons. The third-order valence-electron chi connectivity index (χ3n) is 4.98. The second-order valence-corrected chi connectivity index (χ2v) is 9.14. The van der Waals surface area contributed by atoms with E-state index in [2.05, 4.69) is 15.4 Å². The minimum absolute atomic E-state index is 0.0972. The van der Waals surface area contributed by atoms with Gasteiger partial charge in [-0.3, -0.25) is 14.5 Å². The molecule has 1 saturated heterocycles. The van der Waals surface area contributed by atoms with Crippen LogP contribution in [0, 0.1) is 13.8 Å². The molecule has 1 aliphatic heterocycles. The molecule has 0 saturated carbocycles. The number of hydrogen-bond donors (Lipinski definition) is 1. The number of nitrogens with one attached hydrogen (secondary N) is 1. The van der Waals surface area contributed by atoms with Crippen molar-refractivity contribution in [1.82, 2.24) is 14.8 Å². The van der Waals surface area contributed by atoms with Gasteiger partial charge in [0.15, 0.2) is 9.84 Å². The Bertz CT molecular complexity index is 1150. The van der Waals surface area contributed by atoms with E-state index in [1.165, 1.54) is 0 Å². The normalized spacial score (nSPS) is 18.7. The van der Waals surface area contributed by atoms with Gasteiger partial charge in [0.25, 0.3) is 5.91 Å². The van der Waals surface area contributed by atoms with Gasteiger partial charge in [-0.1, -0.05) is 6.07 Å². The first-order valence-corrected chi connectivity index (χ1v) is 10.6. The van der Waals surface area contributed by atoms with Crippen molar-refractivity contribution >= 4 is 32.3 Å². The standard InChI is InChI=1S/C19H20N4O3S/c1-12-18(13(2)23(22-12)16-7-9-27(25,26)11-16)21-19(24)15-5-6-17-14(10-15)4-3-8-20-17/h3-6,8,10,16H,7,9,11H2,1-2H3,(H,21,24). The molecule has 0 spiro atoms. The van der Waals surface area contributed by atoms with Gasteiger partial charge in [-0.05, 0) is 44.5 Å². The van der Waals surface area contributed by atoms with E-state index in [4.69, 9.17) is 0 Å². The summed E-state index contributed by atoms with van der Waals surface area (Å²) in [5.41, 5.74) is 3.44. The van der Waals surface area contributed by atoms with Crippen molar-refractivity contribution in [2.24, 2.45) is 0 Å². The van der Waals surface area contributed by atoms with Crippen molar-refractivity contribution in [3.05, 3.63) is 53.5 Å². The summed E-state index contributed by atoms with van der Waals surface area (Å²) in [6.07, 6.45) is 2.27. The Morgan fingerprint density at radius 2 is 2.07 bits per heavy atom. The monoisotopic (exact) mass is 384 g/mol. The van der Waals surface area contributed by atoms with Gasteiger partial charge in [0.2, 0.25) is 0 Å². The van der Waals surface area contributed by atoms with E-state index in [9.17, 15) is 13.2 Å². The van der Waals surface area contributed by atoms with Crippen molar-refractivity contribution < 1.29 is 13.2 Å². The predicted molar refractivity (Wildman–Crippen MR) is 104 cm³/mol. The lowest BCUT2D eigenvalue weighted by molar-refractivity contribution is 0.102. The lowest BCUT2D eigenvalue weighted by Crippen LogP contribution is -2.15. The number of carbonyl (C=O) groups is 1. The number of carbonyl (C=O) groups excluding carboxylic acids is 1. The summed E-state index contributed by atoms with van der Waals surface area (Å²) in [7, 11) is -3.00. The maximum absolute atomic E-state index is 12.7. The van der Waals surface area contributed by atoms with Crippen LogP contribution in [0.4, 0.5) is 5.69 Å². The summed E-state index contributed by atoms with van der Waals surface area (Å²) in [6.45, 7) is 3.66. The summed E-state index contributed by atoms with van der Waals surface area (Å²) in [6, 6.07) is 8.92. The highest BCUT2D eigenvalue weighted by Gasteiger charge is 2.31. The lowest BCUT2D eigenvalue weighted by atomic mass is 10.1. The Hall–Kier alpha value is -2.74. The fraction of sp³-hybridized carbons (Fsp3) is 0.316. The quantitative estimate of drug-likeness (QED) is 0.749. The predicted octanol–water partition coefficient (Wildman–Crippen LogP) is 2.66. The molecule has 4 rings (SSSR count). The van der Waals surface area contributed by atoms with Crippen LogP contribution in [0.5, 0.6) is 0 Å². The Kier molecular flexibility index (Phi) is 4.22. The van der Waals surface area contributed by atoms with Crippen molar-refractivity contribution in [2.75, 3.05) is 16.8 Å². The number of anilines is 1. The zero-order chi connectivity index (χ0) is 19.2. The van der Waals surface area contributed by atoms with E-state index < -0.39 is 9.84 Å². The van der Waals surface area contributed by atoms with E-state index >= 15 is 0 Å². The average Bonchev–Trinajstić information content (AvgIpc) is 3.14. The van der Waals surface area contributed by atoms with Crippen LogP contribution in [0.3, 0.4) is 0 Å². The van der Waals surface area contributed by atoms with Crippen molar-refractivity contribution in [2.45, 2.75) is 26.3 Å².